The Kier molecular flexibility index (Phi) is 2.23. The molecule has 0 aliphatic carbocycles. The molecule has 1 heterocycles. The minimum atomic E-state index is 0.410. The van der Waals surface area contributed by atoms with E-state index in [0.717, 1.165) is 20.1 Å². The maximum Gasteiger partial charge on any atom is 0.135 e. The van der Waals surface area contributed by atoms with Gasteiger partial charge in [0.25, 0.3) is 0 Å². The molecular formula is C10H6INO. The summed E-state index contributed by atoms with van der Waals surface area (Å²) in [4.78, 5) is 0. The SMILES string of the molecule is N#CCc1coc2cc(I)ccc12. The van der Waals surface area contributed by atoms with Crippen LogP contribution in [0.1, 0.15) is 5.56 Å². The van der Waals surface area contributed by atoms with Crippen LogP contribution in [0.3, 0.4) is 0 Å². The lowest BCUT2D eigenvalue weighted by molar-refractivity contribution is 0.612. The summed E-state index contributed by atoms with van der Waals surface area (Å²) in [5.74, 6) is 0. The first-order valence-corrected chi connectivity index (χ1v) is 4.91. The summed E-state index contributed by atoms with van der Waals surface area (Å²) in [5.41, 5.74) is 1.83. The van der Waals surface area contributed by atoms with Crippen molar-refractivity contribution in [3.05, 3.63) is 33.6 Å². The van der Waals surface area contributed by atoms with Gasteiger partial charge in [0.2, 0.25) is 0 Å². The van der Waals surface area contributed by atoms with E-state index in [4.69, 9.17) is 9.68 Å². The summed E-state index contributed by atoms with van der Waals surface area (Å²) in [5, 5.41) is 9.60. The zero-order chi connectivity index (χ0) is 9.26. The van der Waals surface area contributed by atoms with Crippen LogP contribution in [0.15, 0.2) is 28.9 Å². The number of furan rings is 1. The van der Waals surface area contributed by atoms with Crippen molar-refractivity contribution in [3.63, 3.8) is 0 Å². The first-order valence-electron chi connectivity index (χ1n) is 3.84. The molecule has 0 bridgehead atoms. The molecule has 1 aromatic heterocycles. The number of rotatable bonds is 1. The maximum absolute atomic E-state index is 8.56. The van der Waals surface area contributed by atoms with Crippen LogP contribution in [0.5, 0.6) is 0 Å². The van der Waals surface area contributed by atoms with Gasteiger partial charge in [-0.1, -0.05) is 0 Å². The summed E-state index contributed by atoms with van der Waals surface area (Å²) in [6.07, 6.45) is 2.07. The van der Waals surface area contributed by atoms with E-state index in [1.165, 1.54) is 0 Å². The standard InChI is InChI=1S/C10H6INO/c11-8-1-2-9-7(3-4-12)6-13-10(9)5-8/h1-2,5-6H,3H2. The third kappa shape index (κ3) is 1.54. The third-order valence-electron chi connectivity index (χ3n) is 1.89. The number of nitrogens with zero attached hydrogens (tertiary/aromatic N) is 1. The van der Waals surface area contributed by atoms with E-state index in [2.05, 4.69) is 28.7 Å². The second-order valence-corrected chi connectivity index (χ2v) is 3.98. The van der Waals surface area contributed by atoms with Gasteiger partial charge in [-0.3, -0.25) is 0 Å². The van der Waals surface area contributed by atoms with Gasteiger partial charge in [-0.25, -0.2) is 0 Å². The molecule has 13 heavy (non-hydrogen) atoms. The number of hydrogen-bond acceptors (Lipinski definition) is 2. The van der Waals surface area contributed by atoms with Crippen LogP contribution in [0, 0.1) is 14.9 Å². The molecular weight excluding hydrogens is 277 g/mol. The molecule has 0 aliphatic rings. The van der Waals surface area contributed by atoms with Crippen LogP contribution < -0.4 is 0 Å². The minimum absolute atomic E-state index is 0.410. The van der Waals surface area contributed by atoms with Crippen LogP contribution in [0.4, 0.5) is 0 Å². The molecule has 2 aromatic rings. The van der Waals surface area contributed by atoms with E-state index in [0.29, 0.717) is 6.42 Å². The molecule has 0 unspecified atom stereocenters. The molecule has 0 radical (unpaired) electrons. The molecule has 0 aliphatic heterocycles. The topological polar surface area (TPSA) is 36.9 Å². The van der Waals surface area contributed by atoms with E-state index in [-0.39, 0.29) is 0 Å². The van der Waals surface area contributed by atoms with E-state index < -0.39 is 0 Å². The number of hydrogen-bond donors (Lipinski definition) is 0. The predicted molar refractivity (Wildman–Crippen MR) is 58.2 cm³/mol. The zero-order valence-electron chi connectivity index (χ0n) is 6.75. The summed E-state index contributed by atoms with van der Waals surface area (Å²) >= 11 is 2.23. The van der Waals surface area contributed by atoms with Gasteiger partial charge >= 0.3 is 0 Å². The lowest BCUT2D eigenvalue weighted by Crippen LogP contribution is -1.77. The number of nitriles is 1. The van der Waals surface area contributed by atoms with Gasteiger partial charge in [-0.05, 0) is 40.8 Å². The second-order valence-electron chi connectivity index (χ2n) is 2.74. The molecule has 0 fully saturated rings. The molecule has 0 amide bonds. The lowest BCUT2D eigenvalue weighted by Gasteiger charge is -1.91. The van der Waals surface area contributed by atoms with Crippen LogP contribution >= 0.6 is 22.6 Å². The van der Waals surface area contributed by atoms with Crippen LogP contribution in [-0.4, -0.2) is 0 Å². The van der Waals surface area contributed by atoms with Crippen molar-refractivity contribution in [3.8, 4) is 6.07 Å². The number of fused-ring (bicyclic) bond motifs is 1. The van der Waals surface area contributed by atoms with Crippen molar-refractivity contribution in [1.82, 2.24) is 0 Å². The summed E-state index contributed by atoms with van der Waals surface area (Å²) in [7, 11) is 0. The van der Waals surface area contributed by atoms with Crippen molar-refractivity contribution in [1.29, 1.82) is 5.26 Å². The van der Waals surface area contributed by atoms with Crippen molar-refractivity contribution in [2.75, 3.05) is 0 Å². The third-order valence-corrected chi connectivity index (χ3v) is 2.56. The van der Waals surface area contributed by atoms with Gasteiger partial charge in [-0.15, -0.1) is 0 Å². The van der Waals surface area contributed by atoms with Crippen LogP contribution in [-0.2, 0) is 6.42 Å². The highest BCUT2D eigenvalue weighted by atomic mass is 127. The Labute approximate surface area is 89.3 Å². The molecule has 0 saturated heterocycles. The molecule has 0 saturated carbocycles. The van der Waals surface area contributed by atoms with Gasteiger partial charge in [-0.2, -0.15) is 5.26 Å². The fourth-order valence-corrected chi connectivity index (χ4v) is 1.74. The van der Waals surface area contributed by atoms with Gasteiger partial charge in [0.1, 0.15) is 5.58 Å². The Morgan fingerprint density at radius 1 is 1.46 bits per heavy atom. The predicted octanol–water partition coefficient (Wildman–Crippen LogP) is 3.10. The minimum Gasteiger partial charge on any atom is -0.464 e. The summed E-state index contributed by atoms with van der Waals surface area (Å²) < 4.78 is 6.47. The van der Waals surface area contributed by atoms with E-state index >= 15 is 0 Å². The van der Waals surface area contributed by atoms with Crippen LogP contribution in [0.25, 0.3) is 11.0 Å². The van der Waals surface area contributed by atoms with Crippen molar-refractivity contribution in [2.45, 2.75) is 6.42 Å². The van der Waals surface area contributed by atoms with Crippen molar-refractivity contribution < 1.29 is 4.42 Å². The molecule has 0 N–H and O–H groups in total. The molecule has 1 aromatic carbocycles. The Bertz CT molecular complexity index is 481. The smallest absolute Gasteiger partial charge is 0.135 e. The Balaban J connectivity index is 2.63. The monoisotopic (exact) mass is 283 g/mol. The summed E-state index contributed by atoms with van der Waals surface area (Å²) in [6.45, 7) is 0. The number of halogens is 1. The average Bonchev–Trinajstić information content (AvgIpc) is 2.49. The average molecular weight is 283 g/mol. The Morgan fingerprint density at radius 3 is 3.08 bits per heavy atom. The fourth-order valence-electron chi connectivity index (χ4n) is 1.28. The second kappa shape index (κ2) is 3.38. The molecule has 64 valence electrons. The highest BCUT2D eigenvalue weighted by Crippen LogP contribution is 2.23. The first-order chi connectivity index (χ1) is 6.31. The highest BCUT2D eigenvalue weighted by Gasteiger charge is 2.04. The van der Waals surface area contributed by atoms with Gasteiger partial charge < -0.3 is 4.42 Å². The van der Waals surface area contributed by atoms with Crippen LogP contribution in [0.2, 0.25) is 0 Å². The van der Waals surface area contributed by atoms with E-state index in [1.807, 2.05) is 18.2 Å². The molecule has 0 spiro atoms. The molecule has 0 atom stereocenters. The largest absolute Gasteiger partial charge is 0.464 e. The summed E-state index contributed by atoms with van der Waals surface area (Å²) in [6, 6.07) is 8.09. The maximum atomic E-state index is 8.56. The van der Waals surface area contributed by atoms with E-state index in [9.17, 15) is 0 Å². The highest BCUT2D eigenvalue weighted by molar-refractivity contribution is 14.1. The van der Waals surface area contributed by atoms with E-state index in [1.54, 1.807) is 6.26 Å². The van der Waals surface area contributed by atoms with Gasteiger partial charge in [0.05, 0.1) is 18.8 Å². The quantitative estimate of drug-likeness (QED) is 0.754. The molecule has 2 nitrogen and oxygen atoms in total. The molecule has 2 rings (SSSR count). The molecule has 3 heteroatoms. The van der Waals surface area contributed by atoms with Gasteiger partial charge in [0.15, 0.2) is 0 Å². The first kappa shape index (κ1) is 8.57. The van der Waals surface area contributed by atoms with Crippen molar-refractivity contribution >= 4 is 33.6 Å². The lowest BCUT2D eigenvalue weighted by atomic mass is 10.1. The Hall–Kier alpha value is -1.02. The van der Waals surface area contributed by atoms with Crippen molar-refractivity contribution in [2.24, 2.45) is 0 Å². The zero-order valence-corrected chi connectivity index (χ0v) is 8.91. The normalized spacial score (nSPS) is 10.2. The fraction of sp³-hybridized carbons (Fsp3) is 0.100. The number of benzene rings is 1. The Morgan fingerprint density at radius 2 is 2.31 bits per heavy atom. The van der Waals surface area contributed by atoms with Gasteiger partial charge in [0, 0.05) is 14.5 Å².